The molecule has 1 N–H and O–H groups in total. The zero-order chi connectivity index (χ0) is 9.03. The standard InChI is InChI=1S/C9H18FNO/c1-9(2,10)7-12-8-3-5-11-6-4-8/h8,11H,3-7H2,1-2H3. The van der Waals surface area contributed by atoms with Crippen LogP contribution in [0.4, 0.5) is 4.39 Å². The highest BCUT2D eigenvalue weighted by Crippen LogP contribution is 2.13. The van der Waals surface area contributed by atoms with E-state index in [1.165, 1.54) is 0 Å². The van der Waals surface area contributed by atoms with Gasteiger partial charge in [-0.3, -0.25) is 0 Å². The Hall–Kier alpha value is -0.150. The van der Waals surface area contributed by atoms with Gasteiger partial charge in [0.1, 0.15) is 5.67 Å². The van der Waals surface area contributed by atoms with Crippen molar-refractivity contribution in [2.24, 2.45) is 0 Å². The van der Waals surface area contributed by atoms with Gasteiger partial charge in [0, 0.05) is 0 Å². The van der Waals surface area contributed by atoms with E-state index in [2.05, 4.69) is 5.32 Å². The molecule has 1 aliphatic heterocycles. The summed E-state index contributed by atoms with van der Waals surface area (Å²) in [6.45, 7) is 5.31. The number of piperidine rings is 1. The zero-order valence-electron chi connectivity index (χ0n) is 7.90. The molecule has 0 aromatic rings. The van der Waals surface area contributed by atoms with E-state index in [9.17, 15) is 4.39 Å². The largest absolute Gasteiger partial charge is 0.375 e. The fourth-order valence-electron chi connectivity index (χ4n) is 1.28. The molecule has 0 saturated carbocycles. The normalized spacial score (nSPS) is 21.2. The van der Waals surface area contributed by atoms with Gasteiger partial charge in [-0.1, -0.05) is 0 Å². The van der Waals surface area contributed by atoms with Crippen molar-refractivity contribution in [1.29, 1.82) is 0 Å². The predicted molar refractivity (Wildman–Crippen MR) is 47.0 cm³/mol. The van der Waals surface area contributed by atoms with Crippen LogP contribution in [-0.2, 0) is 4.74 Å². The van der Waals surface area contributed by atoms with E-state index in [4.69, 9.17) is 4.74 Å². The van der Waals surface area contributed by atoms with Crippen molar-refractivity contribution in [2.45, 2.75) is 38.5 Å². The molecule has 0 atom stereocenters. The fraction of sp³-hybridized carbons (Fsp3) is 1.00. The summed E-state index contributed by atoms with van der Waals surface area (Å²) in [5.41, 5.74) is -1.19. The molecule has 12 heavy (non-hydrogen) atoms. The quantitative estimate of drug-likeness (QED) is 0.702. The van der Waals surface area contributed by atoms with E-state index in [0.29, 0.717) is 0 Å². The monoisotopic (exact) mass is 175 g/mol. The summed E-state index contributed by atoms with van der Waals surface area (Å²) in [5, 5.41) is 3.24. The molecule has 0 radical (unpaired) electrons. The number of hydrogen-bond acceptors (Lipinski definition) is 2. The van der Waals surface area contributed by atoms with Crippen molar-refractivity contribution in [2.75, 3.05) is 19.7 Å². The second-order valence-electron chi connectivity index (χ2n) is 3.98. The molecule has 1 aliphatic rings. The fourth-order valence-corrected chi connectivity index (χ4v) is 1.28. The maximum Gasteiger partial charge on any atom is 0.128 e. The summed E-state index contributed by atoms with van der Waals surface area (Å²) in [6, 6.07) is 0. The van der Waals surface area contributed by atoms with Gasteiger partial charge >= 0.3 is 0 Å². The first-order valence-electron chi connectivity index (χ1n) is 4.59. The minimum atomic E-state index is -1.19. The van der Waals surface area contributed by atoms with Crippen LogP contribution in [0.2, 0.25) is 0 Å². The lowest BCUT2D eigenvalue weighted by Crippen LogP contribution is -2.35. The van der Waals surface area contributed by atoms with Crippen molar-refractivity contribution < 1.29 is 9.13 Å². The van der Waals surface area contributed by atoms with Crippen molar-refractivity contribution in [3.63, 3.8) is 0 Å². The average molecular weight is 175 g/mol. The van der Waals surface area contributed by atoms with Gasteiger partial charge in [0.15, 0.2) is 0 Å². The first-order valence-corrected chi connectivity index (χ1v) is 4.59. The number of hydrogen-bond donors (Lipinski definition) is 1. The van der Waals surface area contributed by atoms with Gasteiger partial charge in [0.2, 0.25) is 0 Å². The van der Waals surface area contributed by atoms with Crippen molar-refractivity contribution in [3.8, 4) is 0 Å². The summed E-state index contributed by atoms with van der Waals surface area (Å²) >= 11 is 0. The van der Waals surface area contributed by atoms with Crippen LogP contribution in [0.1, 0.15) is 26.7 Å². The van der Waals surface area contributed by atoms with Crippen LogP contribution in [0.5, 0.6) is 0 Å². The highest BCUT2D eigenvalue weighted by atomic mass is 19.1. The first kappa shape index (κ1) is 9.93. The van der Waals surface area contributed by atoms with Crippen LogP contribution in [0.15, 0.2) is 0 Å². The Labute approximate surface area is 73.5 Å². The Morgan fingerprint density at radius 1 is 1.42 bits per heavy atom. The van der Waals surface area contributed by atoms with Gasteiger partial charge in [-0.05, 0) is 39.8 Å². The highest BCUT2D eigenvalue weighted by molar-refractivity contribution is 4.71. The molecule has 0 aliphatic carbocycles. The van der Waals surface area contributed by atoms with Crippen LogP contribution in [0, 0.1) is 0 Å². The number of ether oxygens (including phenoxy) is 1. The second kappa shape index (κ2) is 4.19. The first-order chi connectivity index (χ1) is 5.58. The molecule has 0 aromatic heterocycles. The Kier molecular flexibility index (Phi) is 3.47. The lowest BCUT2D eigenvalue weighted by atomic mass is 10.1. The lowest BCUT2D eigenvalue weighted by Gasteiger charge is -2.25. The van der Waals surface area contributed by atoms with Crippen LogP contribution in [0.25, 0.3) is 0 Å². The summed E-state index contributed by atoms with van der Waals surface area (Å²) in [7, 11) is 0. The van der Waals surface area contributed by atoms with Crippen LogP contribution < -0.4 is 5.32 Å². The Balaban J connectivity index is 2.13. The molecule has 0 unspecified atom stereocenters. The number of halogens is 1. The Morgan fingerprint density at radius 3 is 2.50 bits per heavy atom. The summed E-state index contributed by atoms with van der Waals surface area (Å²) in [5.74, 6) is 0. The third-order valence-corrected chi connectivity index (χ3v) is 1.95. The molecule has 72 valence electrons. The maximum atomic E-state index is 13.0. The molecule has 1 rings (SSSR count). The van der Waals surface area contributed by atoms with E-state index in [-0.39, 0.29) is 12.7 Å². The highest BCUT2D eigenvalue weighted by Gasteiger charge is 2.20. The van der Waals surface area contributed by atoms with Crippen LogP contribution >= 0.6 is 0 Å². The van der Waals surface area contributed by atoms with Crippen molar-refractivity contribution >= 4 is 0 Å². The molecule has 0 amide bonds. The number of nitrogens with one attached hydrogen (secondary N) is 1. The van der Waals surface area contributed by atoms with E-state index < -0.39 is 5.67 Å². The molecule has 0 bridgehead atoms. The third kappa shape index (κ3) is 4.02. The van der Waals surface area contributed by atoms with E-state index in [1.54, 1.807) is 13.8 Å². The molecule has 1 heterocycles. The summed E-state index contributed by atoms with van der Waals surface area (Å²) < 4.78 is 18.4. The maximum absolute atomic E-state index is 13.0. The van der Waals surface area contributed by atoms with Gasteiger partial charge in [0.05, 0.1) is 12.7 Å². The lowest BCUT2D eigenvalue weighted by molar-refractivity contribution is -0.0241. The minimum Gasteiger partial charge on any atom is -0.375 e. The smallest absolute Gasteiger partial charge is 0.128 e. The van der Waals surface area contributed by atoms with E-state index in [1.807, 2.05) is 0 Å². The number of rotatable bonds is 3. The Bertz CT molecular complexity index is 127. The zero-order valence-corrected chi connectivity index (χ0v) is 7.90. The molecule has 3 heteroatoms. The van der Waals surface area contributed by atoms with E-state index >= 15 is 0 Å². The van der Waals surface area contributed by atoms with Gasteiger partial charge in [-0.15, -0.1) is 0 Å². The topological polar surface area (TPSA) is 21.3 Å². The number of alkyl halides is 1. The molecule has 0 aromatic carbocycles. The van der Waals surface area contributed by atoms with E-state index in [0.717, 1.165) is 25.9 Å². The summed E-state index contributed by atoms with van der Waals surface area (Å²) in [4.78, 5) is 0. The molecular weight excluding hydrogens is 157 g/mol. The van der Waals surface area contributed by atoms with Crippen molar-refractivity contribution in [1.82, 2.24) is 5.32 Å². The minimum absolute atomic E-state index is 0.220. The second-order valence-corrected chi connectivity index (χ2v) is 3.98. The van der Waals surface area contributed by atoms with Gasteiger partial charge < -0.3 is 10.1 Å². The molecular formula is C9H18FNO. The van der Waals surface area contributed by atoms with Crippen LogP contribution in [-0.4, -0.2) is 31.5 Å². The Morgan fingerprint density at radius 2 is 2.00 bits per heavy atom. The average Bonchev–Trinajstić information content (AvgIpc) is 2.02. The molecule has 1 fully saturated rings. The van der Waals surface area contributed by atoms with Gasteiger partial charge in [-0.2, -0.15) is 0 Å². The van der Waals surface area contributed by atoms with Crippen molar-refractivity contribution in [3.05, 3.63) is 0 Å². The molecule has 0 spiro atoms. The molecule has 2 nitrogen and oxygen atoms in total. The molecule has 1 saturated heterocycles. The van der Waals surface area contributed by atoms with Gasteiger partial charge in [0.25, 0.3) is 0 Å². The predicted octanol–water partition coefficient (Wildman–Crippen LogP) is 1.50. The van der Waals surface area contributed by atoms with Crippen LogP contribution in [0.3, 0.4) is 0 Å². The third-order valence-electron chi connectivity index (χ3n) is 1.95. The summed E-state index contributed by atoms with van der Waals surface area (Å²) in [6.07, 6.45) is 2.29. The van der Waals surface area contributed by atoms with Gasteiger partial charge in [-0.25, -0.2) is 4.39 Å². The SMILES string of the molecule is CC(C)(F)COC1CCNCC1.